The topological polar surface area (TPSA) is 110 Å². The fourth-order valence-corrected chi connectivity index (χ4v) is 6.11. The Balaban J connectivity index is 1.07. The Morgan fingerprint density at radius 3 is 1.25 bits per heavy atom. The first-order chi connectivity index (χ1) is 17.4. The van der Waals surface area contributed by atoms with E-state index in [9.17, 15) is 24.0 Å². The Labute approximate surface area is 206 Å². The molecule has 0 spiro atoms. The van der Waals surface area contributed by atoms with Crippen molar-refractivity contribution in [2.24, 2.45) is 23.7 Å². The van der Waals surface area contributed by atoms with Crippen molar-refractivity contribution in [1.82, 2.24) is 10.1 Å². The highest BCUT2D eigenvalue weighted by atomic mass is 16.9. The molecule has 2 aliphatic heterocycles. The van der Waals surface area contributed by atoms with E-state index >= 15 is 0 Å². The van der Waals surface area contributed by atoms with Gasteiger partial charge in [-0.3, -0.25) is 28.9 Å². The summed E-state index contributed by atoms with van der Waals surface area (Å²) in [6.45, 7) is 0. The van der Waals surface area contributed by atoms with Crippen LogP contribution in [-0.4, -0.2) is 39.9 Å². The maximum atomic E-state index is 12.9. The summed E-state index contributed by atoms with van der Waals surface area (Å²) >= 11 is 0. The predicted octanol–water partition coefficient (Wildman–Crippen LogP) is 2.55. The highest BCUT2D eigenvalue weighted by Crippen LogP contribution is 2.38. The van der Waals surface area contributed by atoms with E-state index in [0.717, 1.165) is 22.3 Å². The van der Waals surface area contributed by atoms with Crippen LogP contribution in [0.5, 0.6) is 0 Å². The van der Waals surface area contributed by atoms with Gasteiger partial charge < -0.3 is 0 Å². The van der Waals surface area contributed by atoms with Crippen molar-refractivity contribution < 1.29 is 33.6 Å². The second-order valence-electron chi connectivity index (χ2n) is 9.98. The van der Waals surface area contributed by atoms with Gasteiger partial charge in [-0.05, 0) is 59.8 Å². The molecule has 4 amide bonds. The van der Waals surface area contributed by atoms with Gasteiger partial charge in [0.25, 0.3) is 23.6 Å². The van der Waals surface area contributed by atoms with Crippen LogP contribution in [0, 0.1) is 23.7 Å². The van der Waals surface area contributed by atoms with Gasteiger partial charge in [-0.2, -0.15) is 4.79 Å². The van der Waals surface area contributed by atoms with Gasteiger partial charge >= 0.3 is 6.16 Å². The molecule has 0 aromatic heterocycles. The Bertz CT molecular complexity index is 1160. The molecule has 2 atom stereocenters. The van der Waals surface area contributed by atoms with E-state index in [2.05, 4.69) is 0 Å². The summed E-state index contributed by atoms with van der Waals surface area (Å²) in [6.07, 6.45) is 1.06. The van der Waals surface area contributed by atoms with Gasteiger partial charge in [0.05, 0.1) is 11.8 Å². The Kier molecular flexibility index (Phi) is 5.35. The van der Waals surface area contributed by atoms with Crippen molar-refractivity contribution in [3.8, 4) is 0 Å². The molecule has 0 saturated carbocycles. The monoisotopic (exact) mass is 488 g/mol. The van der Waals surface area contributed by atoms with Crippen LogP contribution >= 0.6 is 0 Å². The molecule has 2 saturated heterocycles. The Morgan fingerprint density at radius 1 is 0.583 bits per heavy atom. The zero-order valence-electron chi connectivity index (χ0n) is 19.4. The van der Waals surface area contributed by atoms with Crippen molar-refractivity contribution in [1.29, 1.82) is 0 Å². The summed E-state index contributed by atoms with van der Waals surface area (Å²) in [6, 6.07) is 15.8. The van der Waals surface area contributed by atoms with Crippen LogP contribution in [0.1, 0.15) is 35.1 Å². The smallest absolute Gasteiger partial charge is 0.293 e. The maximum absolute atomic E-state index is 12.9. The second-order valence-corrected chi connectivity index (χ2v) is 9.98. The van der Waals surface area contributed by atoms with Gasteiger partial charge in [-0.1, -0.05) is 58.7 Å². The Morgan fingerprint density at radius 2 is 0.917 bits per heavy atom. The molecule has 0 N–H and O–H groups in total. The van der Waals surface area contributed by atoms with Gasteiger partial charge in [-0.15, -0.1) is 0 Å². The van der Waals surface area contributed by atoms with Crippen molar-refractivity contribution in [2.75, 3.05) is 0 Å². The molecular formula is C27H24N2O7. The molecule has 6 rings (SSSR count). The number of rotatable bonds is 4. The highest BCUT2D eigenvalue weighted by Gasteiger charge is 2.49. The number of imide groups is 2. The fourth-order valence-electron chi connectivity index (χ4n) is 6.11. The second kappa shape index (κ2) is 8.58. The number of nitrogens with zero attached hydrogens (tertiary/aromatic N) is 2. The Hall–Kier alpha value is -4.01. The molecule has 2 aliphatic carbocycles. The summed E-state index contributed by atoms with van der Waals surface area (Å²) < 4.78 is 0. The molecule has 2 heterocycles. The number of benzene rings is 2. The van der Waals surface area contributed by atoms with E-state index in [4.69, 9.17) is 9.68 Å². The van der Waals surface area contributed by atoms with E-state index < -0.39 is 41.6 Å². The van der Waals surface area contributed by atoms with Crippen LogP contribution in [-0.2, 0) is 54.5 Å². The molecule has 0 radical (unpaired) electrons. The lowest BCUT2D eigenvalue weighted by Gasteiger charge is -2.19. The molecule has 9 heteroatoms. The van der Waals surface area contributed by atoms with Crippen molar-refractivity contribution >= 4 is 29.8 Å². The van der Waals surface area contributed by atoms with Gasteiger partial charge in [0, 0.05) is 12.8 Å². The third-order valence-electron chi connectivity index (χ3n) is 7.91. The van der Waals surface area contributed by atoms with E-state index in [-0.39, 0.29) is 24.7 Å². The van der Waals surface area contributed by atoms with Crippen molar-refractivity contribution in [3.05, 3.63) is 70.8 Å². The van der Waals surface area contributed by atoms with Crippen LogP contribution in [0.4, 0.5) is 4.79 Å². The standard InChI is InChI=1S/C27H24N2O7/c30-23-13-21(19-9-15-5-1-2-6-16(15)10-19)25(32)28(23)35-27(34)36-29-24(31)14-22(26(29)33)20-11-17-7-3-4-8-18(17)12-20/h1-8,19-22H,9-14H2. The molecule has 0 bridgehead atoms. The molecule has 2 fully saturated rings. The van der Waals surface area contributed by atoms with Crippen LogP contribution in [0.15, 0.2) is 48.5 Å². The van der Waals surface area contributed by atoms with Crippen LogP contribution in [0.3, 0.4) is 0 Å². The fraction of sp³-hybridized carbons (Fsp3) is 0.370. The van der Waals surface area contributed by atoms with Gasteiger partial charge in [0.1, 0.15) is 0 Å². The number of carbonyl (C=O) groups excluding carboxylic acids is 5. The lowest BCUT2D eigenvalue weighted by atomic mass is 9.88. The molecule has 184 valence electrons. The number of carbonyl (C=O) groups is 5. The van der Waals surface area contributed by atoms with Crippen molar-refractivity contribution in [3.63, 3.8) is 0 Å². The van der Waals surface area contributed by atoms with Crippen molar-refractivity contribution in [2.45, 2.75) is 38.5 Å². The molecule has 2 unspecified atom stereocenters. The van der Waals surface area contributed by atoms with Crippen LogP contribution in [0.2, 0.25) is 0 Å². The lowest BCUT2D eigenvalue weighted by Crippen LogP contribution is -2.39. The summed E-state index contributed by atoms with van der Waals surface area (Å²) in [5.74, 6) is -3.90. The molecule has 4 aliphatic rings. The van der Waals surface area contributed by atoms with Crippen LogP contribution in [0.25, 0.3) is 0 Å². The minimum atomic E-state index is -1.47. The average molecular weight is 488 g/mol. The third kappa shape index (κ3) is 3.75. The number of hydrogen-bond acceptors (Lipinski definition) is 7. The van der Waals surface area contributed by atoms with E-state index in [1.807, 2.05) is 48.5 Å². The zero-order chi connectivity index (χ0) is 25.0. The lowest BCUT2D eigenvalue weighted by molar-refractivity contribution is -0.199. The predicted molar refractivity (Wildman–Crippen MR) is 122 cm³/mol. The van der Waals surface area contributed by atoms with Gasteiger partial charge in [0.15, 0.2) is 0 Å². The number of amides is 4. The first-order valence-corrected chi connectivity index (χ1v) is 12.2. The first kappa shape index (κ1) is 22.5. The summed E-state index contributed by atoms with van der Waals surface area (Å²) in [5, 5.41) is 0.818. The number of fused-ring (bicyclic) bond motifs is 2. The summed E-state index contributed by atoms with van der Waals surface area (Å²) in [5.41, 5.74) is 4.58. The van der Waals surface area contributed by atoms with E-state index in [0.29, 0.717) is 35.8 Å². The number of hydroxylamine groups is 4. The highest BCUT2D eigenvalue weighted by molar-refractivity contribution is 6.04. The molecular weight excluding hydrogens is 464 g/mol. The molecule has 2 aromatic carbocycles. The largest absolute Gasteiger partial charge is 0.560 e. The molecule has 36 heavy (non-hydrogen) atoms. The minimum Gasteiger partial charge on any atom is -0.293 e. The summed E-state index contributed by atoms with van der Waals surface area (Å²) in [7, 11) is 0. The van der Waals surface area contributed by atoms with Gasteiger partial charge in [0.2, 0.25) is 0 Å². The zero-order valence-corrected chi connectivity index (χ0v) is 19.4. The van der Waals surface area contributed by atoms with Crippen LogP contribution < -0.4 is 0 Å². The first-order valence-electron chi connectivity index (χ1n) is 12.2. The van der Waals surface area contributed by atoms with E-state index in [1.165, 1.54) is 0 Å². The van der Waals surface area contributed by atoms with E-state index in [1.54, 1.807) is 0 Å². The minimum absolute atomic E-state index is 0.0681. The number of hydrogen-bond donors (Lipinski definition) is 0. The van der Waals surface area contributed by atoms with Gasteiger partial charge in [-0.25, -0.2) is 0 Å². The third-order valence-corrected chi connectivity index (χ3v) is 7.91. The molecule has 2 aromatic rings. The summed E-state index contributed by atoms with van der Waals surface area (Å²) in [4.78, 5) is 73.0. The average Bonchev–Trinajstić information content (AvgIpc) is 3.61. The quantitative estimate of drug-likeness (QED) is 0.608. The normalized spacial score (nSPS) is 24.0. The molecule has 9 nitrogen and oxygen atoms in total. The SMILES string of the molecule is O=C(ON1C(=O)CC(C2Cc3ccccc3C2)C1=O)ON1C(=O)CC(C2Cc3ccccc3C2)C1=O. The maximum Gasteiger partial charge on any atom is 0.560 e.